The number of para-hydroxylation sites is 2. The van der Waals surface area contributed by atoms with Gasteiger partial charge in [0.1, 0.15) is 32.3 Å². The molecule has 2 unspecified atom stereocenters. The number of benzene rings is 4. The molecule has 0 fully saturated rings. The minimum absolute atomic E-state index is 0. The van der Waals surface area contributed by atoms with Crippen LogP contribution >= 0.6 is 0 Å². The molecule has 2 N–H and O–H groups in total. The second-order valence-corrected chi connectivity index (χ2v) is 13.0. The van der Waals surface area contributed by atoms with Crippen LogP contribution in [0.15, 0.2) is 127 Å². The van der Waals surface area contributed by atoms with Crippen LogP contribution in [0.4, 0.5) is 34.1 Å². The van der Waals surface area contributed by atoms with Gasteiger partial charge in [0.15, 0.2) is 11.4 Å². The van der Waals surface area contributed by atoms with E-state index >= 15 is 0 Å². The number of hydrogen-bond acceptors (Lipinski definition) is 16. The van der Waals surface area contributed by atoms with Gasteiger partial charge in [-0.3, -0.25) is 29.8 Å². The monoisotopic (exact) mass is 794 g/mol. The number of nitro benzene ring substituents is 2. The quantitative estimate of drug-likeness (QED) is 0.0640. The number of amides is 2. The zero-order chi connectivity index (χ0) is 38.6. The van der Waals surface area contributed by atoms with Crippen molar-refractivity contribution in [3.63, 3.8) is 0 Å². The molecule has 4 rings (SSSR count). The average molecular weight is 795 g/mol. The minimum Gasteiger partial charge on any atom is -0.744 e. The molecule has 272 valence electrons. The van der Waals surface area contributed by atoms with Gasteiger partial charge in [0.2, 0.25) is 0 Å². The molecule has 0 saturated heterocycles. The molecule has 2 amide bonds. The smallest absolute Gasteiger partial charge is 0.744 e. The molecule has 23 heteroatoms. The maximum absolute atomic E-state index is 12.0. The van der Waals surface area contributed by atoms with Crippen LogP contribution in [0.3, 0.4) is 0 Å². The topological polar surface area (TPSA) is 308 Å². The molecule has 0 bridgehead atoms. The van der Waals surface area contributed by atoms with Crippen LogP contribution in [-0.2, 0) is 29.8 Å². The summed E-state index contributed by atoms with van der Waals surface area (Å²) in [5.41, 5.74) is -0.864. The van der Waals surface area contributed by atoms with Gasteiger partial charge in [-0.15, -0.1) is 10.2 Å². The summed E-state index contributed by atoms with van der Waals surface area (Å²) in [7, 11) is -9.69. The summed E-state index contributed by atoms with van der Waals surface area (Å²) in [5.74, 6) is -0.970. The molecular formula is C30H26CaN8O12S2. The van der Waals surface area contributed by atoms with Crippen LogP contribution in [0.2, 0.25) is 0 Å². The molecule has 0 spiro atoms. The average Bonchev–Trinajstić information content (AvgIpc) is 3.09. The second kappa shape index (κ2) is 19.7. The van der Waals surface area contributed by atoms with Gasteiger partial charge in [-0.25, -0.2) is 16.8 Å². The molecule has 53 heavy (non-hydrogen) atoms. The van der Waals surface area contributed by atoms with Crippen LogP contribution in [0.25, 0.3) is 0 Å². The number of nitrogens with one attached hydrogen (secondary N) is 2. The number of carbonyl (C=O) groups is 2. The van der Waals surface area contributed by atoms with Gasteiger partial charge in [-0.1, -0.05) is 36.4 Å². The molecule has 0 aliphatic carbocycles. The van der Waals surface area contributed by atoms with Crippen LogP contribution in [-0.4, -0.2) is 97.4 Å². The van der Waals surface area contributed by atoms with Gasteiger partial charge < -0.3 is 19.7 Å². The predicted octanol–water partition coefficient (Wildman–Crippen LogP) is 4.84. The van der Waals surface area contributed by atoms with E-state index in [1.165, 1.54) is 13.8 Å². The molecule has 4 aromatic carbocycles. The molecule has 20 nitrogen and oxygen atoms in total. The van der Waals surface area contributed by atoms with E-state index in [2.05, 4.69) is 31.1 Å². The summed E-state index contributed by atoms with van der Waals surface area (Å²) >= 11 is 0. The Morgan fingerprint density at radius 1 is 0.604 bits per heavy atom. The zero-order valence-corrected chi connectivity index (χ0v) is 31.3. The Kier molecular flexibility index (Phi) is 16.3. The van der Waals surface area contributed by atoms with Crippen LogP contribution in [0.5, 0.6) is 0 Å². The van der Waals surface area contributed by atoms with Crippen molar-refractivity contribution in [1.29, 1.82) is 0 Å². The minimum atomic E-state index is -4.85. The van der Waals surface area contributed by atoms with Crippen molar-refractivity contribution in [3.8, 4) is 0 Å². The third-order valence-electron chi connectivity index (χ3n) is 6.38. The summed E-state index contributed by atoms with van der Waals surface area (Å²) in [5, 5.41) is 42.0. The van der Waals surface area contributed by atoms with E-state index in [1.54, 1.807) is 60.7 Å². The zero-order valence-electron chi connectivity index (χ0n) is 27.5. The van der Waals surface area contributed by atoms with Crippen molar-refractivity contribution in [1.82, 2.24) is 0 Å². The Morgan fingerprint density at radius 3 is 1.21 bits per heavy atom. The van der Waals surface area contributed by atoms with Gasteiger partial charge in [0.25, 0.3) is 23.2 Å². The molecule has 4 aromatic rings. The van der Waals surface area contributed by atoms with E-state index in [0.717, 1.165) is 24.3 Å². The fourth-order valence-corrected chi connectivity index (χ4v) is 4.70. The molecule has 0 aromatic heterocycles. The van der Waals surface area contributed by atoms with Crippen molar-refractivity contribution in [2.75, 3.05) is 10.6 Å². The molecule has 0 aliphatic heterocycles. The molecule has 0 heterocycles. The molecule has 0 radical (unpaired) electrons. The maximum atomic E-state index is 12.0. The van der Waals surface area contributed by atoms with Crippen molar-refractivity contribution in [3.05, 3.63) is 117 Å². The fraction of sp³-hybridized carbons (Fsp3) is 0.133. The largest absolute Gasteiger partial charge is 2.00 e. The first-order valence-electron chi connectivity index (χ1n) is 14.4. The summed E-state index contributed by atoms with van der Waals surface area (Å²) in [6, 6.07) is 20.2. The Morgan fingerprint density at radius 2 is 0.925 bits per heavy atom. The van der Waals surface area contributed by atoms with E-state index in [0.29, 0.717) is 23.5 Å². The molecule has 2 atom stereocenters. The molecule has 0 aliphatic rings. The maximum Gasteiger partial charge on any atom is 2.00 e. The van der Waals surface area contributed by atoms with Gasteiger partial charge in [-0.2, -0.15) is 10.2 Å². The van der Waals surface area contributed by atoms with Gasteiger partial charge >= 0.3 is 37.7 Å². The van der Waals surface area contributed by atoms with E-state index in [1.807, 2.05) is 0 Å². The van der Waals surface area contributed by atoms with Crippen molar-refractivity contribution < 1.29 is 45.4 Å². The first-order chi connectivity index (χ1) is 24.4. The summed E-state index contributed by atoms with van der Waals surface area (Å²) in [6.07, 6.45) is 0. The number of rotatable bonds is 12. The SMILES string of the molecule is CC(N=Nc1ccc(S(=O)(=O)[O-])cc1[N+](=O)[O-])C(=O)Nc1ccccc1.CC(N=Nc1ccc(S(=O)(=O)[O-])cc1[N+](=O)[O-])C(=O)Nc1ccccc1.[Ca+2]. The van der Waals surface area contributed by atoms with Gasteiger partial charge in [-0.05, 0) is 62.4 Å². The van der Waals surface area contributed by atoms with Crippen molar-refractivity contribution in [2.45, 2.75) is 35.7 Å². The first-order valence-corrected chi connectivity index (χ1v) is 17.2. The van der Waals surface area contributed by atoms with Gasteiger partial charge in [0.05, 0.1) is 19.6 Å². The number of azo groups is 2. The predicted molar refractivity (Wildman–Crippen MR) is 186 cm³/mol. The molecular weight excluding hydrogens is 769 g/mol. The Balaban J connectivity index is 0.000000360. The van der Waals surface area contributed by atoms with E-state index in [4.69, 9.17) is 0 Å². The number of nitrogens with zero attached hydrogens (tertiary/aromatic N) is 6. The third kappa shape index (κ3) is 13.8. The summed E-state index contributed by atoms with van der Waals surface area (Å²) in [6.45, 7) is 2.87. The standard InChI is InChI=1S/2C15H14N4O6S.Ca/c2*1-10(15(20)16-11-5-3-2-4-6-11)17-18-13-8-7-12(26(23,24)25)9-14(13)19(21)22;/h2*2-10H,1H3,(H,16,20)(H,23,24,25);/q;;+2/p-2. The number of carbonyl (C=O) groups excluding carboxylic acids is 2. The second-order valence-electron chi connectivity index (χ2n) is 10.2. The fourth-order valence-electron chi connectivity index (χ4n) is 3.72. The van der Waals surface area contributed by atoms with Crippen molar-refractivity contribution in [2.24, 2.45) is 20.5 Å². The van der Waals surface area contributed by atoms with Crippen molar-refractivity contribution >= 4 is 104 Å². The molecule has 0 saturated carbocycles. The summed E-state index contributed by atoms with van der Waals surface area (Å²) in [4.78, 5) is 42.8. The Hall–Kier alpha value is -5.10. The third-order valence-corrected chi connectivity index (χ3v) is 8.05. The van der Waals surface area contributed by atoms with Crippen LogP contribution in [0, 0.1) is 20.2 Å². The number of hydrogen-bond donors (Lipinski definition) is 2. The first kappa shape index (κ1) is 44.1. The normalized spacial score (nSPS) is 12.5. The Bertz CT molecular complexity index is 2080. The van der Waals surface area contributed by atoms with Crippen LogP contribution in [0.1, 0.15) is 13.8 Å². The number of anilines is 2. The Labute approximate surface area is 331 Å². The summed E-state index contributed by atoms with van der Waals surface area (Å²) < 4.78 is 65.8. The van der Waals surface area contributed by atoms with E-state index in [9.17, 15) is 55.8 Å². The van der Waals surface area contributed by atoms with Crippen LogP contribution < -0.4 is 10.6 Å². The van der Waals surface area contributed by atoms with E-state index < -0.39 is 75.1 Å². The van der Waals surface area contributed by atoms with E-state index in [-0.39, 0.29) is 49.1 Å². The number of nitro groups is 2. The van der Waals surface area contributed by atoms with Gasteiger partial charge in [0, 0.05) is 23.5 Å².